The molecular formula is C13H13ClN4O2. The number of pyridine rings is 1. The van der Waals surface area contributed by atoms with Gasteiger partial charge in [0.05, 0.1) is 6.42 Å². The van der Waals surface area contributed by atoms with Gasteiger partial charge in [-0.25, -0.2) is 9.97 Å². The lowest BCUT2D eigenvalue weighted by atomic mass is 10.2. The van der Waals surface area contributed by atoms with Crippen molar-refractivity contribution >= 4 is 34.6 Å². The predicted octanol–water partition coefficient (Wildman–Crippen LogP) is 1.14. The summed E-state index contributed by atoms with van der Waals surface area (Å²) in [7, 11) is 1.50. The number of aromatic nitrogens is 3. The highest BCUT2D eigenvalue weighted by Crippen LogP contribution is 2.28. The summed E-state index contributed by atoms with van der Waals surface area (Å²) in [6, 6.07) is 3.06. The summed E-state index contributed by atoms with van der Waals surface area (Å²) in [4.78, 5) is 33.8. The number of hydrogen-bond donors (Lipinski definition) is 0. The zero-order valence-corrected chi connectivity index (χ0v) is 11.7. The predicted molar refractivity (Wildman–Crippen MR) is 73.4 cm³/mol. The molecule has 104 valence electrons. The molecule has 0 radical (unpaired) electrons. The fraction of sp³-hybridized carbons (Fsp3) is 0.385. The molecule has 20 heavy (non-hydrogen) atoms. The molecule has 1 aliphatic heterocycles. The minimum atomic E-state index is -0.564. The molecule has 0 aromatic carbocycles. The minimum Gasteiger partial charge on any atom is -0.299 e. The summed E-state index contributed by atoms with van der Waals surface area (Å²) in [5.41, 5.74) is 1.33. The van der Waals surface area contributed by atoms with Crippen LogP contribution in [0.2, 0.25) is 0 Å². The van der Waals surface area contributed by atoms with Gasteiger partial charge in [0.2, 0.25) is 5.91 Å². The summed E-state index contributed by atoms with van der Waals surface area (Å²) in [5.74, 6) is 0.675. The van der Waals surface area contributed by atoms with Crippen molar-refractivity contribution in [3.63, 3.8) is 0 Å². The Balaban J connectivity index is 2.16. The van der Waals surface area contributed by atoms with E-state index in [1.54, 1.807) is 16.8 Å². The number of fused-ring (bicyclic) bond motifs is 1. The summed E-state index contributed by atoms with van der Waals surface area (Å²) in [6.07, 6.45) is 2.32. The molecule has 6 nitrogen and oxygen atoms in total. The van der Waals surface area contributed by atoms with Crippen molar-refractivity contribution < 1.29 is 9.59 Å². The molecule has 1 atom stereocenters. The van der Waals surface area contributed by atoms with Crippen LogP contribution in [0.4, 0.5) is 0 Å². The van der Waals surface area contributed by atoms with Gasteiger partial charge in [-0.3, -0.25) is 19.1 Å². The van der Waals surface area contributed by atoms with Crippen LogP contribution in [0.15, 0.2) is 18.3 Å². The first kappa shape index (κ1) is 13.1. The van der Waals surface area contributed by atoms with Crippen LogP contribution >= 0.6 is 11.6 Å². The molecule has 3 rings (SSSR count). The standard InChI is InChI=1S/C13H13ClN4O2/c1-17-11(19)7-9(13(17)20)18-10(4-5-14)16-8-3-2-6-15-12(8)18/h2-3,6,9H,4-5,7H2,1H3. The van der Waals surface area contributed by atoms with Crippen molar-refractivity contribution in [2.75, 3.05) is 12.9 Å². The number of imide groups is 1. The van der Waals surface area contributed by atoms with Crippen molar-refractivity contribution in [2.24, 2.45) is 0 Å². The smallest absolute Gasteiger partial charge is 0.252 e. The van der Waals surface area contributed by atoms with E-state index in [-0.39, 0.29) is 18.2 Å². The number of imidazole rings is 1. The quantitative estimate of drug-likeness (QED) is 0.628. The zero-order valence-electron chi connectivity index (χ0n) is 10.9. The van der Waals surface area contributed by atoms with Gasteiger partial charge in [0.1, 0.15) is 17.4 Å². The second-order valence-corrected chi connectivity index (χ2v) is 5.07. The second kappa shape index (κ2) is 4.86. The molecule has 2 aromatic heterocycles. The molecule has 2 amide bonds. The third-order valence-corrected chi connectivity index (χ3v) is 3.70. The van der Waals surface area contributed by atoms with E-state index in [0.717, 1.165) is 4.90 Å². The van der Waals surface area contributed by atoms with E-state index >= 15 is 0 Å². The van der Waals surface area contributed by atoms with E-state index in [2.05, 4.69) is 9.97 Å². The highest BCUT2D eigenvalue weighted by atomic mass is 35.5. The summed E-state index contributed by atoms with van der Waals surface area (Å²) in [5, 5.41) is 0. The number of halogens is 1. The monoisotopic (exact) mass is 292 g/mol. The van der Waals surface area contributed by atoms with Gasteiger partial charge in [-0.05, 0) is 12.1 Å². The number of aryl methyl sites for hydroxylation is 1. The van der Waals surface area contributed by atoms with Crippen LogP contribution in [0.25, 0.3) is 11.2 Å². The highest BCUT2D eigenvalue weighted by Gasteiger charge is 2.39. The van der Waals surface area contributed by atoms with Gasteiger partial charge in [-0.2, -0.15) is 0 Å². The van der Waals surface area contributed by atoms with Gasteiger partial charge < -0.3 is 0 Å². The third kappa shape index (κ3) is 1.87. The Morgan fingerprint density at radius 1 is 1.45 bits per heavy atom. The third-order valence-electron chi connectivity index (χ3n) is 3.51. The van der Waals surface area contributed by atoms with E-state index in [1.165, 1.54) is 7.05 Å². The summed E-state index contributed by atoms with van der Waals surface area (Å²) < 4.78 is 1.75. The highest BCUT2D eigenvalue weighted by molar-refractivity contribution is 6.18. The van der Waals surface area contributed by atoms with Crippen molar-refractivity contribution in [3.8, 4) is 0 Å². The van der Waals surface area contributed by atoms with Gasteiger partial charge in [0.15, 0.2) is 5.65 Å². The Morgan fingerprint density at radius 3 is 2.90 bits per heavy atom. The molecule has 3 heterocycles. The molecule has 0 spiro atoms. The van der Waals surface area contributed by atoms with E-state index in [4.69, 9.17) is 11.6 Å². The molecular weight excluding hydrogens is 280 g/mol. The maximum absolute atomic E-state index is 12.2. The number of hydrogen-bond acceptors (Lipinski definition) is 4. The molecule has 2 aromatic rings. The van der Waals surface area contributed by atoms with Gasteiger partial charge in [0, 0.05) is 25.5 Å². The molecule has 1 saturated heterocycles. The van der Waals surface area contributed by atoms with Crippen molar-refractivity contribution in [2.45, 2.75) is 18.9 Å². The van der Waals surface area contributed by atoms with Crippen molar-refractivity contribution in [1.29, 1.82) is 0 Å². The lowest BCUT2D eigenvalue weighted by molar-refractivity contribution is -0.137. The van der Waals surface area contributed by atoms with E-state index in [9.17, 15) is 9.59 Å². The van der Waals surface area contributed by atoms with Crippen LogP contribution in [0.1, 0.15) is 18.3 Å². The number of carbonyl (C=O) groups excluding carboxylic acids is 2. The van der Waals surface area contributed by atoms with Crippen LogP contribution in [0.3, 0.4) is 0 Å². The minimum absolute atomic E-state index is 0.145. The molecule has 1 unspecified atom stereocenters. The number of rotatable bonds is 3. The van der Waals surface area contributed by atoms with Crippen LogP contribution in [0, 0.1) is 0 Å². The lowest BCUT2D eigenvalue weighted by Gasteiger charge is -2.13. The Bertz CT molecular complexity index is 697. The molecule has 1 aliphatic rings. The number of likely N-dealkylation sites (tertiary alicyclic amines) is 1. The average molecular weight is 293 g/mol. The molecule has 0 N–H and O–H groups in total. The summed E-state index contributed by atoms with van der Waals surface area (Å²) in [6.45, 7) is 0. The Labute approximate surface area is 120 Å². The zero-order chi connectivity index (χ0) is 14.3. The van der Waals surface area contributed by atoms with Crippen LogP contribution < -0.4 is 0 Å². The SMILES string of the molecule is CN1C(=O)CC(n2c(CCCl)nc3cccnc32)C1=O. The Kier molecular flexibility index (Phi) is 3.17. The van der Waals surface area contributed by atoms with Crippen molar-refractivity contribution in [1.82, 2.24) is 19.4 Å². The lowest BCUT2D eigenvalue weighted by Crippen LogP contribution is -2.27. The normalized spacial score (nSPS) is 19.3. The number of nitrogens with zero attached hydrogens (tertiary/aromatic N) is 4. The largest absolute Gasteiger partial charge is 0.299 e. The molecule has 0 bridgehead atoms. The van der Waals surface area contributed by atoms with E-state index < -0.39 is 6.04 Å². The maximum Gasteiger partial charge on any atom is 0.252 e. The fourth-order valence-electron chi connectivity index (χ4n) is 2.50. The molecule has 0 saturated carbocycles. The van der Waals surface area contributed by atoms with Gasteiger partial charge in [0.25, 0.3) is 5.91 Å². The number of alkyl halides is 1. The Hall–Kier alpha value is -1.95. The van der Waals surface area contributed by atoms with Gasteiger partial charge in [-0.1, -0.05) is 0 Å². The first-order chi connectivity index (χ1) is 9.63. The topological polar surface area (TPSA) is 68.1 Å². The van der Waals surface area contributed by atoms with Crippen molar-refractivity contribution in [3.05, 3.63) is 24.2 Å². The maximum atomic E-state index is 12.2. The number of carbonyl (C=O) groups is 2. The average Bonchev–Trinajstić information content (AvgIpc) is 2.92. The van der Waals surface area contributed by atoms with Gasteiger partial charge in [-0.15, -0.1) is 11.6 Å². The molecule has 0 aliphatic carbocycles. The first-order valence-corrected chi connectivity index (χ1v) is 6.85. The van der Waals surface area contributed by atoms with E-state index in [1.807, 2.05) is 6.07 Å². The first-order valence-electron chi connectivity index (χ1n) is 6.31. The van der Waals surface area contributed by atoms with E-state index in [0.29, 0.717) is 29.3 Å². The van der Waals surface area contributed by atoms with Crippen LogP contribution in [0.5, 0.6) is 0 Å². The summed E-state index contributed by atoms with van der Waals surface area (Å²) >= 11 is 5.80. The Morgan fingerprint density at radius 2 is 2.25 bits per heavy atom. The molecule has 1 fully saturated rings. The number of amides is 2. The number of likely N-dealkylation sites (N-methyl/N-ethyl adjacent to an activating group) is 1. The van der Waals surface area contributed by atoms with Gasteiger partial charge >= 0.3 is 0 Å². The molecule has 7 heteroatoms. The van der Waals surface area contributed by atoms with Crippen LogP contribution in [-0.4, -0.2) is 44.2 Å². The van der Waals surface area contributed by atoms with Crippen LogP contribution in [-0.2, 0) is 16.0 Å². The second-order valence-electron chi connectivity index (χ2n) is 4.69. The fourth-order valence-corrected chi connectivity index (χ4v) is 2.67.